The molecule has 1 aliphatic rings. The predicted molar refractivity (Wildman–Crippen MR) is 67.3 cm³/mol. The minimum absolute atomic E-state index is 0.0684. The van der Waals surface area contributed by atoms with E-state index < -0.39 is 0 Å². The molecule has 1 atom stereocenters. The van der Waals surface area contributed by atoms with Crippen molar-refractivity contribution < 1.29 is 9.53 Å². The largest absolute Gasteiger partial charge is 0.495 e. The van der Waals surface area contributed by atoms with Crippen LogP contribution >= 0.6 is 0 Å². The highest BCUT2D eigenvalue weighted by Crippen LogP contribution is 2.26. The summed E-state index contributed by atoms with van der Waals surface area (Å²) in [6.45, 7) is 3.68. The van der Waals surface area contributed by atoms with Crippen LogP contribution < -0.4 is 15.4 Å². The van der Waals surface area contributed by atoms with Crippen LogP contribution in [0.3, 0.4) is 0 Å². The van der Waals surface area contributed by atoms with Crippen LogP contribution in [-0.4, -0.2) is 26.1 Å². The first kappa shape index (κ1) is 11.9. The first-order valence-electron chi connectivity index (χ1n) is 5.87. The summed E-state index contributed by atoms with van der Waals surface area (Å²) in [5.74, 6) is 0.842. The van der Waals surface area contributed by atoms with E-state index in [1.165, 1.54) is 0 Å². The molecule has 1 aliphatic heterocycles. The molecule has 0 spiro atoms. The van der Waals surface area contributed by atoms with E-state index in [4.69, 9.17) is 4.74 Å². The van der Waals surface area contributed by atoms with Crippen molar-refractivity contribution in [3.8, 4) is 5.75 Å². The van der Waals surface area contributed by atoms with Crippen molar-refractivity contribution in [2.45, 2.75) is 13.3 Å². The Bertz CT molecular complexity index is 412. The van der Waals surface area contributed by atoms with Gasteiger partial charge < -0.3 is 15.4 Å². The van der Waals surface area contributed by atoms with Crippen LogP contribution in [0.1, 0.15) is 12.0 Å². The summed E-state index contributed by atoms with van der Waals surface area (Å²) in [6.07, 6.45) is 0.903. The molecule has 1 heterocycles. The molecule has 2 rings (SSSR count). The van der Waals surface area contributed by atoms with Crippen LogP contribution in [0.4, 0.5) is 5.69 Å². The van der Waals surface area contributed by atoms with Gasteiger partial charge >= 0.3 is 0 Å². The standard InChI is InChI=1S/C13H18N2O2/c1-9-3-4-12(17-2)11(7-9)15-13(16)10-5-6-14-8-10/h3-4,7,10,14H,5-6,8H2,1-2H3,(H,15,16). The molecule has 4 nitrogen and oxygen atoms in total. The lowest BCUT2D eigenvalue weighted by molar-refractivity contribution is -0.119. The average molecular weight is 234 g/mol. The Hall–Kier alpha value is -1.55. The fourth-order valence-electron chi connectivity index (χ4n) is 2.03. The third kappa shape index (κ3) is 2.77. The summed E-state index contributed by atoms with van der Waals surface area (Å²) in [6, 6.07) is 5.77. The van der Waals surface area contributed by atoms with Crippen molar-refractivity contribution in [1.29, 1.82) is 0 Å². The number of carbonyl (C=O) groups excluding carboxylic acids is 1. The van der Waals surface area contributed by atoms with E-state index in [-0.39, 0.29) is 11.8 Å². The average Bonchev–Trinajstić information content (AvgIpc) is 2.83. The fraction of sp³-hybridized carbons (Fsp3) is 0.462. The fourth-order valence-corrected chi connectivity index (χ4v) is 2.03. The van der Waals surface area contributed by atoms with Crippen LogP contribution in [0, 0.1) is 12.8 Å². The van der Waals surface area contributed by atoms with E-state index in [1.807, 2.05) is 25.1 Å². The highest BCUT2D eigenvalue weighted by Gasteiger charge is 2.23. The Morgan fingerprint density at radius 1 is 1.53 bits per heavy atom. The van der Waals surface area contributed by atoms with Crippen molar-refractivity contribution in [3.05, 3.63) is 23.8 Å². The number of rotatable bonds is 3. The molecule has 1 amide bonds. The third-order valence-corrected chi connectivity index (χ3v) is 3.04. The zero-order chi connectivity index (χ0) is 12.3. The number of carbonyl (C=O) groups is 1. The van der Waals surface area contributed by atoms with Gasteiger partial charge in [0.15, 0.2) is 0 Å². The second-order valence-electron chi connectivity index (χ2n) is 4.38. The first-order chi connectivity index (χ1) is 8.20. The number of methoxy groups -OCH3 is 1. The van der Waals surface area contributed by atoms with Crippen LogP contribution in [-0.2, 0) is 4.79 Å². The molecule has 1 aromatic carbocycles. The molecule has 2 N–H and O–H groups in total. The van der Waals surface area contributed by atoms with Gasteiger partial charge in [-0.25, -0.2) is 0 Å². The van der Waals surface area contributed by atoms with Crippen molar-refractivity contribution >= 4 is 11.6 Å². The zero-order valence-electron chi connectivity index (χ0n) is 10.2. The number of amides is 1. The maximum Gasteiger partial charge on any atom is 0.228 e. The van der Waals surface area contributed by atoms with Gasteiger partial charge in [0.05, 0.1) is 18.7 Å². The maximum atomic E-state index is 12.0. The molecule has 0 saturated carbocycles. The van der Waals surface area contributed by atoms with E-state index in [0.29, 0.717) is 5.75 Å². The quantitative estimate of drug-likeness (QED) is 0.834. The molecular weight excluding hydrogens is 216 g/mol. The second-order valence-corrected chi connectivity index (χ2v) is 4.38. The highest BCUT2D eigenvalue weighted by atomic mass is 16.5. The van der Waals surface area contributed by atoms with Gasteiger partial charge in [0.25, 0.3) is 0 Å². The normalized spacial score (nSPS) is 19.1. The van der Waals surface area contributed by atoms with E-state index in [1.54, 1.807) is 7.11 Å². The molecule has 4 heteroatoms. The Kier molecular flexibility index (Phi) is 3.64. The summed E-state index contributed by atoms with van der Waals surface area (Å²) >= 11 is 0. The van der Waals surface area contributed by atoms with E-state index in [2.05, 4.69) is 10.6 Å². The van der Waals surface area contributed by atoms with E-state index >= 15 is 0 Å². The Morgan fingerprint density at radius 3 is 3.00 bits per heavy atom. The van der Waals surface area contributed by atoms with Gasteiger partial charge in [0.2, 0.25) is 5.91 Å². The molecule has 1 saturated heterocycles. The van der Waals surface area contributed by atoms with Crippen LogP contribution in [0.5, 0.6) is 5.75 Å². The van der Waals surface area contributed by atoms with Crippen LogP contribution in [0.15, 0.2) is 18.2 Å². The number of benzene rings is 1. The van der Waals surface area contributed by atoms with Crippen LogP contribution in [0.25, 0.3) is 0 Å². The van der Waals surface area contributed by atoms with Crippen molar-refractivity contribution in [2.75, 3.05) is 25.5 Å². The van der Waals surface area contributed by atoms with Crippen molar-refractivity contribution in [2.24, 2.45) is 5.92 Å². The molecule has 92 valence electrons. The van der Waals surface area contributed by atoms with E-state index in [0.717, 1.165) is 30.8 Å². The number of hydrogen-bond donors (Lipinski definition) is 2. The summed E-state index contributed by atoms with van der Waals surface area (Å²) in [7, 11) is 1.61. The highest BCUT2D eigenvalue weighted by molar-refractivity contribution is 5.94. The smallest absolute Gasteiger partial charge is 0.228 e. The summed E-state index contributed by atoms with van der Waals surface area (Å²) in [5, 5.41) is 6.13. The summed E-state index contributed by atoms with van der Waals surface area (Å²) in [4.78, 5) is 12.0. The number of aryl methyl sites for hydroxylation is 1. The van der Waals surface area contributed by atoms with Gasteiger partial charge in [-0.15, -0.1) is 0 Å². The molecular formula is C13H18N2O2. The lowest BCUT2D eigenvalue weighted by Crippen LogP contribution is -2.24. The Labute approximate surface area is 101 Å². The lowest BCUT2D eigenvalue weighted by Gasteiger charge is -2.13. The zero-order valence-corrected chi connectivity index (χ0v) is 10.2. The second kappa shape index (κ2) is 5.19. The third-order valence-electron chi connectivity index (χ3n) is 3.04. The molecule has 1 fully saturated rings. The predicted octanol–water partition coefficient (Wildman–Crippen LogP) is 1.55. The number of ether oxygens (including phenoxy) is 1. The molecule has 1 unspecified atom stereocenters. The first-order valence-corrected chi connectivity index (χ1v) is 5.87. The molecule has 1 aromatic rings. The number of nitrogens with one attached hydrogen (secondary N) is 2. The molecule has 0 radical (unpaired) electrons. The van der Waals surface area contributed by atoms with Gasteiger partial charge in [-0.3, -0.25) is 4.79 Å². The molecule has 17 heavy (non-hydrogen) atoms. The lowest BCUT2D eigenvalue weighted by atomic mass is 10.1. The Balaban J connectivity index is 2.11. The van der Waals surface area contributed by atoms with Crippen molar-refractivity contribution in [1.82, 2.24) is 5.32 Å². The minimum atomic E-state index is 0.0684. The van der Waals surface area contributed by atoms with Gasteiger partial charge in [-0.1, -0.05) is 6.07 Å². The molecule has 0 bridgehead atoms. The topological polar surface area (TPSA) is 50.4 Å². The molecule has 0 aliphatic carbocycles. The number of anilines is 1. The Morgan fingerprint density at radius 2 is 2.35 bits per heavy atom. The van der Waals surface area contributed by atoms with Gasteiger partial charge in [-0.2, -0.15) is 0 Å². The monoisotopic (exact) mass is 234 g/mol. The van der Waals surface area contributed by atoms with Gasteiger partial charge in [0.1, 0.15) is 5.75 Å². The van der Waals surface area contributed by atoms with Gasteiger partial charge in [0, 0.05) is 6.54 Å². The van der Waals surface area contributed by atoms with Gasteiger partial charge in [-0.05, 0) is 37.6 Å². The summed E-state index contributed by atoms with van der Waals surface area (Å²) in [5.41, 5.74) is 1.86. The maximum absolute atomic E-state index is 12.0. The number of hydrogen-bond acceptors (Lipinski definition) is 3. The minimum Gasteiger partial charge on any atom is -0.495 e. The van der Waals surface area contributed by atoms with Crippen molar-refractivity contribution in [3.63, 3.8) is 0 Å². The summed E-state index contributed by atoms with van der Waals surface area (Å²) < 4.78 is 5.23. The SMILES string of the molecule is COc1ccc(C)cc1NC(=O)C1CCNC1. The van der Waals surface area contributed by atoms with Crippen LogP contribution in [0.2, 0.25) is 0 Å². The van der Waals surface area contributed by atoms with E-state index in [9.17, 15) is 4.79 Å². The molecule has 0 aromatic heterocycles.